The molecule has 0 unspecified atom stereocenters. The number of hydrogen-bond acceptors (Lipinski definition) is 3. The summed E-state index contributed by atoms with van der Waals surface area (Å²) in [5.41, 5.74) is 1.77. The minimum Gasteiger partial charge on any atom is -0.453 e. The van der Waals surface area contributed by atoms with E-state index in [4.69, 9.17) is 16.0 Å². The lowest BCUT2D eigenvalue weighted by Gasteiger charge is -1.98. The van der Waals surface area contributed by atoms with Crippen molar-refractivity contribution in [3.63, 3.8) is 0 Å². The van der Waals surface area contributed by atoms with Crippen molar-refractivity contribution >= 4 is 28.4 Å². The van der Waals surface area contributed by atoms with Gasteiger partial charge in [0.15, 0.2) is 11.5 Å². The van der Waals surface area contributed by atoms with Crippen LogP contribution in [-0.4, -0.2) is 10.8 Å². The highest BCUT2D eigenvalue weighted by Crippen LogP contribution is 2.24. The normalized spacial score (nSPS) is 10.8. The molecule has 0 fully saturated rings. The predicted octanol–water partition coefficient (Wildman–Crippen LogP) is 4.30. The number of rotatable bonds is 4. The fourth-order valence-corrected chi connectivity index (χ4v) is 2.26. The number of furan rings is 1. The average Bonchev–Trinajstić information content (AvgIpc) is 2.89. The van der Waals surface area contributed by atoms with Gasteiger partial charge in [-0.2, -0.15) is 0 Å². The first-order valence-electron chi connectivity index (χ1n) is 6.33. The largest absolute Gasteiger partial charge is 0.453 e. The fourth-order valence-electron chi connectivity index (χ4n) is 2.08. The minimum atomic E-state index is -0.00543. The molecule has 3 rings (SSSR count). The number of pyridine rings is 1. The molecule has 0 radical (unpaired) electrons. The van der Waals surface area contributed by atoms with Crippen LogP contribution in [0.5, 0.6) is 0 Å². The molecule has 0 aliphatic rings. The third kappa shape index (κ3) is 2.73. The van der Waals surface area contributed by atoms with Crippen LogP contribution in [0.1, 0.15) is 22.5 Å². The van der Waals surface area contributed by atoms with Gasteiger partial charge in [-0.3, -0.25) is 9.78 Å². The Hall–Kier alpha value is -2.13. The van der Waals surface area contributed by atoms with Crippen molar-refractivity contribution in [2.75, 3.05) is 0 Å². The highest BCUT2D eigenvalue weighted by atomic mass is 35.5. The molecule has 3 nitrogen and oxygen atoms in total. The zero-order valence-corrected chi connectivity index (χ0v) is 11.4. The van der Waals surface area contributed by atoms with Crippen molar-refractivity contribution in [2.45, 2.75) is 12.8 Å². The Labute approximate surface area is 121 Å². The molecule has 0 atom stereocenters. The van der Waals surface area contributed by atoms with Crippen molar-refractivity contribution < 1.29 is 9.21 Å². The molecular weight excluding hydrogens is 274 g/mol. The lowest BCUT2D eigenvalue weighted by molar-refractivity contribution is 0.0958. The first-order valence-corrected chi connectivity index (χ1v) is 6.71. The molecule has 0 spiro atoms. The summed E-state index contributed by atoms with van der Waals surface area (Å²) in [6.45, 7) is 0. The SMILES string of the molecule is O=C(CCc1ccncc1)c1cc2cc(Cl)ccc2o1. The van der Waals surface area contributed by atoms with Gasteiger partial charge in [0.25, 0.3) is 0 Å². The molecule has 0 amide bonds. The Kier molecular flexibility index (Phi) is 3.52. The number of nitrogens with zero attached hydrogens (tertiary/aromatic N) is 1. The summed E-state index contributed by atoms with van der Waals surface area (Å²) in [5.74, 6) is 0.380. The van der Waals surface area contributed by atoms with Crippen LogP contribution in [0.3, 0.4) is 0 Å². The predicted molar refractivity (Wildman–Crippen MR) is 78.1 cm³/mol. The smallest absolute Gasteiger partial charge is 0.198 e. The van der Waals surface area contributed by atoms with Crippen LogP contribution >= 0.6 is 11.6 Å². The standard InChI is InChI=1S/C16H12ClNO2/c17-13-2-4-15-12(9-13)10-16(20-15)14(19)3-1-11-5-7-18-8-6-11/h2,4-10H,1,3H2. The molecule has 0 saturated heterocycles. The summed E-state index contributed by atoms with van der Waals surface area (Å²) in [5, 5.41) is 1.49. The molecule has 1 aromatic carbocycles. The third-order valence-corrected chi connectivity index (χ3v) is 3.38. The van der Waals surface area contributed by atoms with Gasteiger partial charge in [0.05, 0.1) is 0 Å². The number of carbonyl (C=O) groups is 1. The van der Waals surface area contributed by atoms with E-state index in [0.717, 1.165) is 10.9 Å². The van der Waals surface area contributed by atoms with Crippen LogP contribution in [0.4, 0.5) is 0 Å². The lowest BCUT2D eigenvalue weighted by atomic mass is 10.1. The first kappa shape index (κ1) is 12.9. The molecule has 100 valence electrons. The molecule has 0 aliphatic carbocycles. The van der Waals surface area contributed by atoms with E-state index in [1.165, 1.54) is 0 Å². The number of carbonyl (C=O) groups excluding carboxylic acids is 1. The zero-order chi connectivity index (χ0) is 13.9. The van der Waals surface area contributed by atoms with Crippen molar-refractivity contribution in [3.05, 3.63) is 65.1 Å². The van der Waals surface area contributed by atoms with Gasteiger partial charge in [-0.1, -0.05) is 11.6 Å². The van der Waals surface area contributed by atoms with Gasteiger partial charge in [0.2, 0.25) is 0 Å². The van der Waals surface area contributed by atoms with Gasteiger partial charge >= 0.3 is 0 Å². The summed E-state index contributed by atoms with van der Waals surface area (Å²) in [7, 11) is 0. The van der Waals surface area contributed by atoms with E-state index in [1.807, 2.05) is 12.1 Å². The van der Waals surface area contributed by atoms with Crippen molar-refractivity contribution in [1.82, 2.24) is 4.98 Å². The van der Waals surface area contributed by atoms with Gasteiger partial charge in [0.1, 0.15) is 5.58 Å². The van der Waals surface area contributed by atoms with E-state index >= 15 is 0 Å². The maximum absolute atomic E-state index is 12.1. The van der Waals surface area contributed by atoms with E-state index in [1.54, 1.807) is 36.7 Å². The lowest BCUT2D eigenvalue weighted by Crippen LogP contribution is -1.99. The number of aromatic nitrogens is 1. The molecule has 20 heavy (non-hydrogen) atoms. The van der Waals surface area contributed by atoms with Gasteiger partial charge in [0, 0.05) is 29.2 Å². The molecular formula is C16H12ClNO2. The maximum atomic E-state index is 12.1. The van der Waals surface area contributed by atoms with Crippen molar-refractivity contribution in [3.8, 4) is 0 Å². The highest BCUT2D eigenvalue weighted by Gasteiger charge is 2.12. The van der Waals surface area contributed by atoms with Crippen LogP contribution in [-0.2, 0) is 6.42 Å². The average molecular weight is 286 g/mol. The summed E-state index contributed by atoms with van der Waals surface area (Å²) in [4.78, 5) is 16.1. The molecule has 2 heterocycles. The second-order valence-corrected chi connectivity index (χ2v) is 5.01. The molecule has 0 aliphatic heterocycles. The monoisotopic (exact) mass is 285 g/mol. The second-order valence-electron chi connectivity index (χ2n) is 4.57. The summed E-state index contributed by atoms with van der Waals surface area (Å²) < 4.78 is 5.55. The Morgan fingerprint density at radius 1 is 1.15 bits per heavy atom. The van der Waals surface area contributed by atoms with E-state index in [9.17, 15) is 4.79 Å². The Morgan fingerprint density at radius 2 is 1.95 bits per heavy atom. The van der Waals surface area contributed by atoms with E-state index in [2.05, 4.69) is 4.98 Å². The summed E-state index contributed by atoms with van der Waals surface area (Å²) >= 11 is 5.92. The quantitative estimate of drug-likeness (QED) is 0.671. The van der Waals surface area contributed by atoms with Gasteiger partial charge in [-0.15, -0.1) is 0 Å². The third-order valence-electron chi connectivity index (χ3n) is 3.14. The second kappa shape index (κ2) is 5.47. The molecule has 0 N–H and O–H groups in total. The highest BCUT2D eigenvalue weighted by molar-refractivity contribution is 6.31. The minimum absolute atomic E-state index is 0.00543. The molecule has 0 bridgehead atoms. The number of Topliss-reactive ketones (excluding diaryl/α,β-unsaturated/α-hetero) is 1. The zero-order valence-electron chi connectivity index (χ0n) is 10.7. The number of hydrogen-bond donors (Lipinski definition) is 0. The van der Waals surface area contributed by atoms with Gasteiger partial charge in [-0.05, 0) is 48.4 Å². The van der Waals surface area contributed by atoms with Gasteiger partial charge < -0.3 is 4.42 Å². The number of benzene rings is 1. The van der Waals surface area contributed by atoms with Crippen LogP contribution in [0.15, 0.2) is 53.2 Å². The summed E-state index contributed by atoms with van der Waals surface area (Å²) in [6, 6.07) is 10.9. The van der Waals surface area contributed by atoms with Crippen LogP contribution in [0.25, 0.3) is 11.0 Å². The molecule has 3 aromatic rings. The fraction of sp³-hybridized carbons (Fsp3) is 0.125. The number of halogens is 1. The molecule has 0 saturated carbocycles. The van der Waals surface area contributed by atoms with E-state index < -0.39 is 0 Å². The number of ketones is 1. The van der Waals surface area contributed by atoms with E-state index in [0.29, 0.717) is 29.2 Å². The Balaban J connectivity index is 1.75. The Bertz CT molecular complexity index is 750. The van der Waals surface area contributed by atoms with E-state index in [-0.39, 0.29) is 5.78 Å². The number of fused-ring (bicyclic) bond motifs is 1. The topological polar surface area (TPSA) is 43.1 Å². The van der Waals surface area contributed by atoms with Crippen LogP contribution in [0, 0.1) is 0 Å². The van der Waals surface area contributed by atoms with Crippen LogP contribution in [0.2, 0.25) is 5.02 Å². The number of aryl methyl sites for hydroxylation is 1. The molecule has 2 aromatic heterocycles. The first-order chi connectivity index (χ1) is 9.72. The Morgan fingerprint density at radius 3 is 2.75 bits per heavy atom. The summed E-state index contributed by atoms with van der Waals surface area (Å²) in [6.07, 6.45) is 4.54. The van der Waals surface area contributed by atoms with Crippen LogP contribution < -0.4 is 0 Å². The molecule has 4 heteroatoms. The maximum Gasteiger partial charge on any atom is 0.198 e. The van der Waals surface area contributed by atoms with Gasteiger partial charge in [-0.25, -0.2) is 0 Å². The van der Waals surface area contributed by atoms with Crippen molar-refractivity contribution in [2.24, 2.45) is 0 Å². The van der Waals surface area contributed by atoms with Crippen molar-refractivity contribution in [1.29, 1.82) is 0 Å².